The van der Waals surface area contributed by atoms with Crippen LogP contribution >= 0.6 is 0 Å². The Morgan fingerprint density at radius 2 is 1.95 bits per heavy atom. The van der Waals surface area contributed by atoms with Crippen molar-refractivity contribution in [2.75, 3.05) is 6.54 Å². The summed E-state index contributed by atoms with van der Waals surface area (Å²) in [7, 11) is 0. The standard InChI is InChI=1S/C15H28N2O2/c1-12-6-5-9-15(16,10-12)13(18)17-11-14(19)7-3-2-4-8-14/h12,19H,2-11,16H2,1H3,(H,17,18). The summed E-state index contributed by atoms with van der Waals surface area (Å²) in [4.78, 5) is 12.3. The minimum absolute atomic E-state index is 0.0713. The van der Waals surface area contributed by atoms with Gasteiger partial charge in [-0.25, -0.2) is 0 Å². The minimum Gasteiger partial charge on any atom is -0.388 e. The number of carbonyl (C=O) groups is 1. The number of hydrogen-bond acceptors (Lipinski definition) is 3. The molecule has 4 N–H and O–H groups in total. The molecular formula is C15H28N2O2. The van der Waals surface area contributed by atoms with Crippen LogP contribution in [-0.4, -0.2) is 28.7 Å². The van der Waals surface area contributed by atoms with E-state index in [1.54, 1.807) is 0 Å². The Morgan fingerprint density at radius 3 is 2.58 bits per heavy atom. The molecule has 4 heteroatoms. The second-order valence-electron chi connectivity index (χ2n) is 6.83. The molecule has 0 radical (unpaired) electrons. The summed E-state index contributed by atoms with van der Waals surface area (Å²) in [5.74, 6) is 0.445. The molecule has 0 heterocycles. The molecule has 0 aliphatic heterocycles. The van der Waals surface area contributed by atoms with Crippen molar-refractivity contribution in [3.63, 3.8) is 0 Å². The van der Waals surface area contributed by atoms with Crippen molar-refractivity contribution < 1.29 is 9.90 Å². The van der Waals surface area contributed by atoms with E-state index >= 15 is 0 Å². The Hall–Kier alpha value is -0.610. The van der Waals surface area contributed by atoms with Crippen LogP contribution in [0.3, 0.4) is 0 Å². The van der Waals surface area contributed by atoms with Crippen LogP contribution in [0.4, 0.5) is 0 Å². The fraction of sp³-hybridized carbons (Fsp3) is 0.933. The van der Waals surface area contributed by atoms with E-state index in [0.717, 1.165) is 51.4 Å². The average molecular weight is 268 g/mol. The number of carbonyl (C=O) groups excluding carboxylic acids is 1. The molecule has 0 aromatic heterocycles. The van der Waals surface area contributed by atoms with E-state index < -0.39 is 11.1 Å². The second-order valence-corrected chi connectivity index (χ2v) is 6.83. The van der Waals surface area contributed by atoms with Gasteiger partial charge in [-0.3, -0.25) is 4.79 Å². The number of amides is 1. The Kier molecular flexibility index (Phi) is 4.51. The molecule has 2 saturated carbocycles. The average Bonchev–Trinajstić information content (AvgIpc) is 2.36. The van der Waals surface area contributed by atoms with Crippen molar-refractivity contribution in [3.05, 3.63) is 0 Å². The van der Waals surface area contributed by atoms with Crippen LogP contribution in [0.5, 0.6) is 0 Å². The molecule has 0 aromatic rings. The van der Waals surface area contributed by atoms with Gasteiger partial charge in [0.15, 0.2) is 0 Å². The van der Waals surface area contributed by atoms with E-state index in [1.165, 1.54) is 6.42 Å². The van der Waals surface area contributed by atoms with Crippen molar-refractivity contribution in [1.82, 2.24) is 5.32 Å². The van der Waals surface area contributed by atoms with Crippen LogP contribution in [-0.2, 0) is 4.79 Å². The molecule has 0 saturated heterocycles. The molecule has 2 unspecified atom stereocenters. The monoisotopic (exact) mass is 268 g/mol. The Labute approximate surface area is 116 Å². The SMILES string of the molecule is CC1CCCC(N)(C(=O)NCC2(O)CCCCC2)C1. The zero-order valence-corrected chi connectivity index (χ0v) is 12.1. The molecule has 2 aliphatic rings. The van der Waals surface area contributed by atoms with Crippen molar-refractivity contribution in [2.24, 2.45) is 11.7 Å². The summed E-state index contributed by atoms with van der Waals surface area (Å²) in [6, 6.07) is 0. The molecule has 2 aliphatic carbocycles. The fourth-order valence-corrected chi connectivity index (χ4v) is 3.61. The van der Waals surface area contributed by atoms with Crippen LogP contribution < -0.4 is 11.1 Å². The molecule has 1 amide bonds. The predicted molar refractivity (Wildman–Crippen MR) is 75.6 cm³/mol. The van der Waals surface area contributed by atoms with E-state index in [0.29, 0.717) is 12.5 Å². The van der Waals surface area contributed by atoms with Gasteiger partial charge in [0.25, 0.3) is 0 Å². The third-order valence-corrected chi connectivity index (χ3v) is 4.85. The van der Waals surface area contributed by atoms with Gasteiger partial charge >= 0.3 is 0 Å². The van der Waals surface area contributed by atoms with E-state index in [9.17, 15) is 9.90 Å². The smallest absolute Gasteiger partial charge is 0.240 e. The first-order valence-electron chi connectivity index (χ1n) is 7.73. The molecular weight excluding hydrogens is 240 g/mol. The Balaban J connectivity index is 1.86. The zero-order chi connectivity index (χ0) is 13.9. The third kappa shape index (κ3) is 3.69. The number of rotatable bonds is 3. The van der Waals surface area contributed by atoms with Gasteiger partial charge in [-0.2, -0.15) is 0 Å². The Bertz CT molecular complexity index is 326. The number of nitrogens with one attached hydrogen (secondary N) is 1. The number of hydrogen-bond donors (Lipinski definition) is 3. The first-order chi connectivity index (χ1) is 8.94. The van der Waals surface area contributed by atoms with Crippen molar-refractivity contribution in [1.29, 1.82) is 0 Å². The van der Waals surface area contributed by atoms with Crippen LogP contribution in [0, 0.1) is 5.92 Å². The van der Waals surface area contributed by atoms with Crippen molar-refractivity contribution >= 4 is 5.91 Å². The summed E-state index contributed by atoms with van der Waals surface area (Å²) >= 11 is 0. The van der Waals surface area contributed by atoms with Gasteiger partial charge in [-0.05, 0) is 31.6 Å². The molecule has 2 fully saturated rings. The molecule has 19 heavy (non-hydrogen) atoms. The maximum absolute atomic E-state index is 12.3. The molecule has 0 aromatic carbocycles. The third-order valence-electron chi connectivity index (χ3n) is 4.85. The fourth-order valence-electron chi connectivity index (χ4n) is 3.61. The lowest BCUT2D eigenvalue weighted by atomic mass is 9.76. The van der Waals surface area contributed by atoms with Gasteiger partial charge in [0, 0.05) is 6.54 Å². The summed E-state index contributed by atoms with van der Waals surface area (Å²) in [5, 5.41) is 13.3. The topological polar surface area (TPSA) is 75.4 Å². The van der Waals surface area contributed by atoms with Crippen LogP contribution in [0.15, 0.2) is 0 Å². The zero-order valence-electron chi connectivity index (χ0n) is 12.1. The number of nitrogens with two attached hydrogens (primary N) is 1. The predicted octanol–water partition coefficient (Wildman–Crippen LogP) is 1.71. The van der Waals surface area contributed by atoms with Crippen LogP contribution in [0.2, 0.25) is 0 Å². The highest BCUT2D eigenvalue weighted by Crippen LogP contribution is 2.31. The summed E-state index contributed by atoms with van der Waals surface area (Å²) in [6.07, 6.45) is 8.59. The van der Waals surface area contributed by atoms with E-state index in [-0.39, 0.29) is 5.91 Å². The van der Waals surface area contributed by atoms with Gasteiger partial charge in [0.1, 0.15) is 0 Å². The molecule has 0 bridgehead atoms. The first kappa shape index (κ1) is 14.8. The lowest BCUT2D eigenvalue weighted by Gasteiger charge is -2.37. The van der Waals surface area contributed by atoms with E-state index in [1.807, 2.05) is 0 Å². The highest BCUT2D eigenvalue weighted by molar-refractivity contribution is 5.86. The normalized spacial score (nSPS) is 34.8. The lowest BCUT2D eigenvalue weighted by Crippen LogP contribution is -2.58. The van der Waals surface area contributed by atoms with Gasteiger partial charge in [0.05, 0.1) is 11.1 Å². The minimum atomic E-state index is -0.720. The highest BCUT2D eigenvalue weighted by atomic mass is 16.3. The Morgan fingerprint density at radius 1 is 1.26 bits per heavy atom. The molecule has 0 spiro atoms. The molecule has 4 nitrogen and oxygen atoms in total. The quantitative estimate of drug-likeness (QED) is 0.729. The van der Waals surface area contributed by atoms with Crippen LogP contribution in [0.1, 0.15) is 64.7 Å². The molecule has 2 atom stereocenters. The summed E-state index contributed by atoms with van der Waals surface area (Å²) < 4.78 is 0. The molecule has 2 rings (SSSR count). The van der Waals surface area contributed by atoms with E-state index in [2.05, 4.69) is 12.2 Å². The van der Waals surface area contributed by atoms with Gasteiger partial charge < -0.3 is 16.2 Å². The van der Waals surface area contributed by atoms with E-state index in [4.69, 9.17) is 5.73 Å². The highest BCUT2D eigenvalue weighted by Gasteiger charge is 2.39. The first-order valence-corrected chi connectivity index (χ1v) is 7.73. The number of aliphatic hydroxyl groups is 1. The largest absolute Gasteiger partial charge is 0.388 e. The van der Waals surface area contributed by atoms with Crippen molar-refractivity contribution in [3.8, 4) is 0 Å². The van der Waals surface area contributed by atoms with Crippen molar-refractivity contribution in [2.45, 2.75) is 75.9 Å². The maximum atomic E-state index is 12.3. The van der Waals surface area contributed by atoms with Crippen LogP contribution in [0.25, 0.3) is 0 Å². The summed E-state index contributed by atoms with van der Waals surface area (Å²) in [5.41, 5.74) is 4.83. The second kappa shape index (κ2) is 5.80. The van der Waals surface area contributed by atoms with Gasteiger partial charge in [0.2, 0.25) is 5.91 Å². The maximum Gasteiger partial charge on any atom is 0.240 e. The van der Waals surface area contributed by atoms with Gasteiger partial charge in [-0.1, -0.05) is 39.0 Å². The lowest BCUT2D eigenvalue weighted by molar-refractivity contribution is -0.129. The summed E-state index contributed by atoms with van der Waals surface area (Å²) in [6.45, 7) is 2.52. The van der Waals surface area contributed by atoms with Gasteiger partial charge in [-0.15, -0.1) is 0 Å². The molecule has 110 valence electrons.